The lowest BCUT2D eigenvalue weighted by molar-refractivity contribution is -0.130. The van der Waals surface area contributed by atoms with Gasteiger partial charge in [-0.2, -0.15) is 0 Å². The van der Waals surface area contributed by atoms with Crippen molar-refractivity contribution in [1.82, 2.24) is 0 Å². The van der Waals surface area contributed by atoms with Crippen LogP contribution < -0.4 is 0 Å². The van der Waals surface area contributed by atoms with Gasteiger partial charge in [-0.3, -0.25) is 0 Å². The van der Waals surface area contributed by atoms with Gasteiger partial charge >= 0.3 is 0 Å². The Hall–Kier alpha value is 0.531. The van der Waals surface area contributed by atoms with E-state index in [9.17, 15) is 0 Å². The van der Waals surface area contributed by atoms with Gasteiger partial charge in [0, 0.05) is 26.2 Å². The Morgan fingerprint density at radius 2 is 1.82 bits per heavy atom. The quantitative estimate of drug-likeness (QED) is 0.695. The van der Waals surface area contributed by atoms with Crippen molar-refractivity contribution in [2.75, 3.05) is 6.61 Å². The van der Waals surface area contributed by atoms with Gasteiger partial charge in [0.25, 0.3) is 0 Å². The Balaban J connectivity index is 2.32. The summed E-state index contributed by atoms with van der Waals surface area (Å²) in [6, 6.07) is 1.29. The summed E-state index contributed by atoms with van der Waals surface area (Å²) in [5.74, 6) is 0. The van der Waals surface area contributed by atoms with Crippen LogP contribution >= 0.6 is 0 Å². The summed E-state index contributed by atoms with van der Waals surface area (Å²) in [5.41, 5.74) is 0.301. The van der Waals surface area contributed by atoms with Crippen molar-refractivity contribution in [2.24, 2.45) is 0 Å². The molecule has 0 bridgehead atoms. The van der Waals surface area contributed by atoms with Crippen LogP contribution in [0.4, 0.5) is 0 Å². The molecule has 2 heterocycles. The monoisotopic (exact) mass is 360 g/mol. The van der Waals surface area contributed by atoms with Gasteiger partial charge < -0.3 is 13.9 Å². The van der Waals surface area contributed by atoms with Crippen LogP contribution in [-0.2, 0) is 13.9 Å². The first-order valence-corrected chi connectivity index (χ1v) is 19.6. The Morgan fingerprint density at radius 3 is 2.32 bits per heavy atom. The Morgan fingerprint density at radius 1 is 1.18 bits per heavy atom. The average Bonchev–Trinajstić information content (AvgIpc) is 2.84. The topological polar surface area (TPSA) is 27.7 Å². The standard InChI is InChI=1S/C16H36O3Si3/c1-9-15(18-14-11-10-12-17-14)22(8)19-16(2,3)13-20(4,5)21(22,6)7/h14-15H,9-13H2,1-8H3. The van der Waals surface area contributed by atoms with Crippen LogP contribution in [0.5, 0.6) is 0 Å². The maximum atomic E-state index is 6.93. The van der Waals surface area contributed by atoms with Crippen molar-refractivity contribution in [2.45, 2.75) is 96.4 Å². The summed E-state index contributed by atoms with van der Waals surface area (Å²) in [5, 5.41) is 0. The minimum Gasteiger partial charge on any atom is -0.413 e. The molecular weight excluding hydrogens is 324 g/mol. The molecule has 2 fully saturated rings. The highest BCUT2D eigenvalue weighted by atomic mass is 29.6. The maximum Gasteiger partial charge on any atom is 0.202 e. The van der Waals surface area contributed by atoms with Crippen molar-refractivity contribution >= 4 is 22.5 Å². The number of rotatable bonds is 4. The van der Waals surface area contributed by atoms with E-state index in [1.807, 2.05) is 0 Å². The van der Waals surface area contributed by atoms with Gasteiger partial charge in [-0.25, -0.2) is 0 Å². The zero-order valence-corrected chi connectivity index (χ0v) is 18.9. The van der Waals surface area contributed by atoms with E-state index in [4.69, 9.17) is 13.9 Å². The molecule has 0 aromatic rings. The van der Waals surface area contributed by atoms with E-state index in [-0.39, 0.29) is 17.6 Å². The highest BCUT2D eigenvalue weighted by molar-refractivity contribution is 7.68. The molecule has 3 unspecified atom stereocenters. The third kappa shape index (κ3) is 3.19. The van der Waals surface area contributed by atoms with E-state index in [2.05, 4.69) is 53.5 Å². The molecule has 0 saturated carbocycles. The largest absolute Gasteiger partial charge is 0.413 e. The summed E-state index contributed by atoms with van der Waals surface area (Å²) in [6.45, 7) is 20.6. The molecule has 0 aromatic heterocycles. The molecule has 6 heteroatoms. The molecule has 22 heavy (non-hydrogen) atoms. The lowest BCUT2D eigenvalue weighted by atomic mass is 10.2. The van der Waals surface area contributed by atoms with Crippen molar-refractivity contribution < 1.29 is 13.9 Å². The molecule has 2 aliphatic rings. The predicted molar refractivity (Wildman–Crippen MR) is 101 cm³/mol. The highest BCUT2D eigenvalue weighted by Gasteiger charge is 2.65. The summed E-state index contributed by atoms with van der Waals surface area (Å²) < 4.78 is 19.2. The molecule has 2 saturated heterocycles. The molecular formula is C16H36O3Si3. The smallest absolute Gasteiger partial charge is 0.202 e. The van der Waals surface area contributed by atoms with Crippen molar-refractivity contribution in [3.05, 3.63) is 0 Å². The Labute approximate surface area is 139 Å². The van der Waals surface area contributed by atoms with Crippen molar-refractivity contribution in [3.63, 3.8) is 0 Å². The lowest BCUT2D eigenvalue weighted by Crippen LogP contribution is -2.82. The normalized spacial score (nSPS) is 37.9. The van der Waals surface area contributed by atoms with Gasteiger partial charge in [0.2, 0.25) is 7.83 Å². The molecule has 3 nitrogen and oxygen atoms in total. The summed E-state index contributed by atoms with van der Waals surface area (Å²) in [7, 11) is -4.64. The fourth-order valence-corrected chi connectivity index (χ4v) is 38.6. The van der Waals surface area contributed by atoms with E-state index in [0.717, 1.165) is 25.9 Å². The minimum absolute atomic E-state index is 0.0116. The SMILES string of the molecule is CCC(OC1CCCO1)[Si]1(C)OC(C)(C)C[Si](C)(C)[Si]1(C)C. The molecule has 0 spiro atoms. The molecule has 2 aliphatic heterocycles. The van der Waals surface area contributed by atoms with E-state index in [1.165, 1.54) is 6.04 Å². The van der Waals surface area contributed by atoms with Gasteiger partial charge in [0.05, 0.1) is 12.8 Å². The van der Waals surface area contributed by atoms with Crippen molar-refractivity contribution in [3.8, 4) is 0 Å². The van der Waals surface area contributed by atoms with Gasteiger partial charge in [-0.05, 0) is 39.3 Å². The minimum atomic E-state index is -1.93. The molecule has 0 radical (unpaired) electrons. The zero-order chi connectivity index (χ0) is 16.8. The van der Waals surface area contributed by atoms with Crippen molar-refractivity contribution in [1.29, 1.82) is 0 Å². The molecule has 0 amide bonds. The zero-order valence-electron chi connectivity index (χ0n) is 15.9. The van der Waals surface area contributed by atoms with Gasteiger partial charge in [0.1, 0.15) is 0 Å². The maximum absolute atomic E-state index is 6.93. The van der Waals surface area contributed by atoms with Crippen LogP contribution in [0.1, 0.15) is 40.0 Å². The average molecular weight is 361 g/mol. The molecule has 130 valence electrons. The van der Waals surface area contributed by atoms with Gasteiger partial charge in [-0.15, -0.1) is 0 Å². The summed E-state index contributed by atoms with van der Waals surface area (Å²) >= 11 is 0. The molecule has 2 rings (SSSR count). The van der Waals surface area contributed by atoms with Crippen LogP contribution in [-0.4, -0.2) is 46.8 Å². The predicted octanol–water partition coefficient (Wildman–Crippen LogP) is 4.42. The van der Waals surface area contributed by atoms with Crippen LogP contribution in [0.25, 0.3) is 0 Å². The molecule has 0 N–H and O–H groups in total. The summed E-state index contributed by atoms with van der Waals surface area (Å²) in [6.07, 6.45) is 3.25. The molecule has 3 atom stereocenters. The first-order chi connectivity index (χ1) is 9.95. The number of hydrogen-bond donors (Lipinski definition) is 0. The molecule has 0 aliphatic carbocycles. The first kappa shape index (κ1) is 18.9. The van der Waals surface area contributed by atoms with Crippen LogP contribution in [0, 0.1) is 0 Å². The third-order valence-corrected chi connectivity index (χ3v) is 46.8. The second-order valence-corrected chi connectivity index (χ2v) is 35.6. The van der Waals surface area contributed by atoms with E-state index in [0.29, 0.717) is 0 Å². The molecule has 0 aromatic carbocycles. The fourth-order valence-electron chi connectivity index (χ4n) is 4.62. The Kier molecular flexibility index (Phi) is 5.24. The lowest BCUT2D eigenvalue weighted by Gasteiger charge is -2.60. The second kappa shape index (κ2) is 6.11. The van der Waals surface area contributed by atoms with Crippen LogP contribution in [0.15, 0.2) is 0 Å². The first-order valence-electron chi connectivity index (χ1n) is 8.92. The van der Waals surface area contributed by atoms with Crippen LogP contribution in [0.3, 0.4) is 0 Å². The van der Waals surface area contributed by atoms with E-state index in [1.54, 1.807) is 0 Å². The summed E-state index contributed by atoms with van der Waals surface area (Å²) in [4.78, 5) is 0. The van der Waals surface area contributed by atoms with Gasteiger partial charge in [-0.1, -0.05) is 33.1 Å². The van der Waals surface area contributed by atoms with E-state index < -0.39 is 22.5 Å². The Bertz CT molecular complexity index is 405. The fraction of sp³-hybridized carbons (Fsp3) is 1.00. The number of hydrogen-bond acceptors (Lipinski definition) is 3. The number of ether oxygens (including phenoxy) is 2. The third-order valence-electron chi connectivity index (χ3n) is 6.48. The van der Waals surface area contributed by atoms with Crippen LogP contribution in [0.2, 0.25) is 38.8 Å². The van der Waals surface area contributed by atoms with E-state index >= 15 is 0 Å². The van der Waals surface area contributed by atoms with Gasteiger partial charge in [0.15, 0.2) is 6.29 Å². The second-order valence-electron chi connectivity index (χ2n) is 9.13. The highest BCUT2D eigenvalue weighted by Crippen LogP contribution is 2.46.